The van der Waals surface area contributed by atoms with Crippen molar-refractivity contribution < 1.29 is 19.1 Å². The molecule has 2 aliphatic carbocycles. The Balaban J connectivity index is 2.22. The third-order valence-corrected chi connectivity index (χ3v) is 7.10. The van der Waals surface area contributed by atoms with Crippen LogP contribution >= 0.6 is 0 Å². The van der Waals surface area contributed by atoms with Crippen molar-refractivity contribution in [2.75, 3.05) is 6.61 Å². The third kappa shape index (κ3) is 4.83. The molecule has 2 fully saturated rings. The molecule has 0 spiro atoms. The highest BCUT2D eigenvalue weighted by molar-refractivity contribution is 5.82. The van der Waals surface area contributed by atoms with Crippen LogP contribution in [0.3, 0.4) is 0 Å². The highest BCUT2D eigenvalue weighted by Gasteiger charge is 2.53. The summed E-state index contributed by atoms with van der Waals surface area (Å²) in [6.45, 7) is 14.4. The highest BCUT2D eigenvalue weighted by Crippen LogP contribution is 2.58. The molecule has 0 aliphatic heterocycles. The molecule has 0 bridgehead atoms. The van der Waals surface area contributed by atoms with Crippen molar-refractivity contribution in [3.8, 4) is 0 Å². The summed E-state index contributed by atoms with van der Waals surface area (Å²) in [4.78, 5) is 23.5. The Hall–Kier alpha value is -1.58. The van der Waals surface area contributed by atoms with Crippen LogP contribution in [0.15, 0.2) is 24.3 Å². The van der Waals surface area contributed by atoms with Crippen LogP contribution in [0.4, 0.5) is 0 Å². The van der Waals surface area contributed by atoms with Crippen LogP contribution in [0.25, 0.3) is 0 Å². The van der Waals surface area contributed by atoms with Crippen molar-refractivity contribution in [2.24, 2.45) is 29.1 Å². The second-order valence-electron chi connectivity index (χ2n) is 8.70. The topological polar surface area (TPSA) is 52.6 Å². The van der Waals surface area contributed by atoms with Gasteiger partial charge in [-0.15, -0.1) is 6.58 Å². The van der Waals surface area contributed by atoms with Gasteiger partial charge in [-0.3, -0.25) is 4.79 Å². The monoisotopic (exact) mass is 376 g/mol. The lowest BCUT2D eigenvalue weighted by atomic mass is 9.49. The van der Waals surface area contributed by atoms with E-state index in [-0.39, 0.29) is 23.5 Å². The SMILES string of the molecule is C=CC[C@@H]1[C@H](OC(C)=O)C[C@@H](C)[C@]2(C)C[C@H](/C(C)=C/C(=O)OCC)CC[C@@H]12. The summed E-state index contributed by atoms with van der Waals surface area (Å²) in [5.41, 5.74) is 1.31. The van der Waals surface area contributed by atoms with Gasteiger partial charge in [0.1, 0.15) is 6.10 Å². The molecule has 4 nitrogen and oxygen atoms in total. The molecule has 0 aromatic carbocycles. The molecule has 0 N–H and O–H groups in total. The van der Waals surface area contributed by atoms with Crippen LogP contribution in [0.5, 0.6) is 0 Å². The van der Waals surface area contributed by atoms with E-state index in [9.17, 15) is 9.59 Å². The lowest BCUT2D eigenvalue weighted by molar-refractivity contribution is -0.165. The van der Waals surface area contributed by atoms with Gasteiger partial charge < -0.3 is 9.47 Å². The van der Waals surface area contributed by atoms with Gasteiger partial charge in [-0.25, -0.2) is 4.79 Å². The predicted octanol–water partition coefficient (Wildman–Crippen LogP) is 5.08. The summed E-state index contributed by atoms with van der Waals surface area (Å²) in [6.07, 6.45) is 8.64. The highest BCUT2D eigenvalue weighted by atomic mass is 16.5. The van der Waals surface area contributed by atoms with Gasteiger partial charge in [-0.1, -0.05) is 25.5 Å². The lowest BCUT2D eigenvalue weighted by Crippen LogP contribution is -2.52. The summed E-state index contributed by atoms with van der Waals surface area (Å²) in [5, 5.41) is 0. The first kappa shape index (κ1) is 21.7. The van der Waals surface area contributed by atoms with Crippen LogP contribution in [0.1, 0.15) is 66.7 Å². The first-order valence-corrected chi connectivity index (χ1v) is 10.4. The second kappa shape index (κ2) is 9.07. The Morgan fingerprint density at radius 3 is 2.56 bits per heavy atom. The van der Waals surface area contributed by atoms with E-state index in [4.69, 9.17) is 9.47 Å². The van der Waals surface area contributed by atoms with Crippen LogP contribution in [-0.2, 0) is 19.1 Å². The molecule has 2 aliphatic rings. The van der Waals surface area contributed by atoms with Gasteiger partial charge in [-0.2, -0.15) is 0 Å². The van der Waals surface area contributed by atoms with Crippen LogP contribution in [0.2, 0.25) is 0 Å². The first-order valence-electron chi connectivity index (χ1n) is 10.4. The molecule has 0 aromatic rings. The van der Waals surface area contributed by atoms with E-state index < -0.39 is 0 Å². The fraction of sp³-hybridized carbons (Fsp3) is 0.739. The number of esters is 2. The van der Waals surface area contributed by atoms with Crippen LogP contribution < -0.4 is 0 Å². The molecule has 2 saturated carbocycles. The van der Waals surface area contributed by atoms with E-state index in [2.05, 4.69) is 27.4 Å². The van der Waals surface area contributed by atoms with Crippen molar-refractivity contribution in [1.82, 2.24) is 0 Å². The quantitative estimate of drug-likeness (QED) is 0.368. The fourth-order valence-corrected chi connectivity index (χ4v) is 5.55. The fourth-order valence-electron chi connectivity index (χ4n) is 5.55. The maximum absolute atomic E-state index is 11.8. The number of hydrogen-bond acceptors (Lipinski definition) is 4. The Bertz CT molecular complexity index is 593. The van der Waals surface area contributed by atoms with E-state index in [1.807, 2.05) is 13.0 Å². The molecule has 0 heterocycles. The van der Waals surface area contributed by atoms with Gasteiger partial charge in [0.2, 0.25) is 0 Å². The number of rotatable bonds is 6. The number of ether oxygens (including phenoxy) is 2. The van der Waals surface area contributed by atoms with E-state index in [1.165, 1.54) is 6.92 Å². The number of allylic oxidation sites excluding steroid dienone is 2. The summed E-state index contributed by atoms with van der Waals surface area (Å²) in [7, 11) is 0. The minimum absolute atomic E-state index is 0.0127. The van der Waals surface area contributed by atoms with E-state index in [0.717, 1.165) is 37.7 Å². The summed E-state index contributed by atoms with van der Waals surface area (Å²) < 4.78 is 10.8. The Kier molecular flexibility index (Phi) is 7.30. The van der Waals surface area contributed by atoms with Gasteiger partial charge >= 0.3 is 11.9 Å². The van der Waals surface area contributed by atoms with Crippen molar-refractivity contribution in [1.29, 1.82) is 0 Å². The molecule has 6 atom stereocenters. The van der Waals surface area contributed by atoms with Gasteiger partial charge in [0, 0.05) is 18.9 Å². The first-order chi connectivity index (χ1) is 12.7. The number of carbonyl (C=O) groups is 2. The van der Waals surface area contributed by atoms with E-state index in [0.29, 0.717) is 30.3 Å². The van der Waals surface area contributed by atoms with Crippen molar-refractivity contribution >= 4 is 11.9 Å². The molecular formula is C23H36O4. The molecule has 2 rings (SSSR count). The zero-order chi connectivity index (χ0) is 20.2. The smallest absolute Gasteiger partial charge is 0.330 e. The normalized spacial score (nSPS) is 36.5. The average Bonchev–Trinajstić information content (AvgIpc) is 2.58. The Morgan fingerprint density at radius 1 is 1.26 bits per heavy atom. The molecule has 0 radical (unpaired) electrons. The Labute approximate surface area is 164 Å². The average molecular weight is 377 g/mol. The van der Waals surface area contributed by atoms with Gasteiger partial charge in [0.25, 0.3) is 0 Å². The zero-order valence-corrected chi connectivity index (χ0v) is 17.6. The minimum atomic E-state index is -0.238. The van der Waals surface area contributed by atoms with Gasteiger partial charge in [0.05, 0.1) is 6.61 Å². The maximum Gasteiger partial charge on any atom is 0.330 e. The third-order valence-electron chi connectivity index (χ3n) is 7.10. The molecule has 152 valence electrons. The lowest BCUT2D eigenvalue weighted by Gasteiger charge is -2.57. The molecular weight excluding hydrogens is 340 g/mol. The molecule has 4 heteroatoms. The van der Waals surface area contributed by atoms with Crippen molar-refractivity contribution in [3.63, 3.8) is 0 Å². The van der Waals surface area contributed by atoms with Crippen molar-refractivity contribution in [3.05, 3.63) is 24.3 Å². The van der Waals surface area contributed by atoms with Gasteiger partial charge in [0.15, 0.2) is 0 Å². The minimum Gasteiger partial charge on any atom is -0.463 e. The molecule has 0 amide bonds. The molecule has 0 unspecified atom stereocenters. The number of fused-ring (bicyclic) bond motifs is 1. The van der Waals surface area contributed by atoms with E-state index >= 15 is 0 Å². The summed E-state index contributed by atoms with van der Waals surface area (Å²) in [5.74, 6) is 1.29. The largest absolute Gasteiger partial charge is 0.463 e. The Morgan fingerprint density at radius 2 is 1.96 bits per heavy atom. The molecule has 27 heavy (non-hydrogen) atoms. The summed E-state index contributed by atoms with van der Waals surface area (Å²) in [6, 6.07) is 0. The van der Waals surface area contributed by atoms with E-state index in [1.54, 1.807) is 6.08 Å². The standard InChI is InChI=1S/C23H36O4/c1-7-9-19-20-11-10-18(15(3)12-22(25)26-8-2)14-23(20,6)16(4)13-21(19)27-17(5)24/h7,12,16,18-21H,1,8-11,13-14H2,2-6H3/b15-12+/t16-,18-,19+,20+,21-,23+/m1/s1. The zero-order valence-electron chi connectivity index (χ0n) is 17.6. The van der Waals surface area contributed by atoms with Crippen molar-refractivity contribution in [2.45, 2.75) is 72.8 Å². The van der Waals surface area contributed by atoms with Gasteiger partial charge in [-0.05, 0) is 69.1 Å². The summed E-state index contributed by atoms with van der Waals surface area (Å²) >= 11 is 0. The number of hydrogen-bond donors (Lipinski definition) is 0. The molecule has 0 aromatic heterocycles. The van der Waals surface area contributed by atoms with Crippen LogP contribution in [0, 0.1) is 29.1 Å². The van der Waals surface area contributed by atoms with Crippen LogP contribution in [-0.4, -0.2) is 24.6 Å². The number of carbonyl (C=O) groups excluding carboxylic acids is 2. The second-order valence-corrected chi connectivity index (χ2v) is 8.70. The molecule has 0 saturated heterocycles. The maximum atomic E-state index is 11.8. The predicted molar refractivity (Wildman–Crippen MR) is 107 cm³/mol.